The molecule has 1 aliphatic rings. The normalized spacial score (nSPS) is 15.8. The number of sulfonamides is 1. The Morgan fingerprint density at radius 1 is 0.923 bits per heavy atom. The molecule has 0 aliphatic carbocycles. The molecule has 0 saturated carbocycles. The quantitative estimate of drug-likeness (QED) is 0.282. The first-order valence-corrected chi connectivity index (χ1v) is 14.0. The van der Waals surface area contributed by atoms with Crippen molar-refractivity contribution in [2.45, 2.75) is 24.8 Å². The van der Waals surface area contributed by atoms with Crippen molar-refractivity contribution in [3.63, 3.8) is 0 Å². The third kappa shape index (κ3) is 5.15. The number of anilines is 1. The van der Waals surface area contributed by atoms with Gasteiger partial charge in [-0.1, -0.05) is 48.0 Å². The number of carbonyl (C=O) groups is 3. The maximum Gasteiger partial charge on any atom is 0.295 e. The summed E-state index contributed by atoms with van der Waals surface area (Å²) < 4.78 is 28.4. The summed E-state index contributed by atoms with van der Waals surface area (Å²) in [4.78, 5) is 45.7. The summed E-state index contributed by atoms with van der Waals surface area (Å²) in [5.74, 6) is -1.48. The molecule has 9 nitrogen and oxygen atoms in total. The molecule has 1 saturated heterocycles. The van der Waals surface area contributed by atoms with E-state index in [1.807, 2.05) is 19.9 Å². The fourth-order valence-electron chi connectivity index (χ4n) is 4.80. The molecule has 2 heterocycles. The topological polar surface area (TPSA) is 120 Å². The lowest BCUT2D eigenvalue weighted by Gasteiger charge is -2.39. The van der Waals surface area contributed by atoms with Gasteiger partial charge in [0.2, 0.25) is 0 Å². The predicted octanol–water partition coefficient (Wildman–Crippen LogP) is 3.83. The number of amides is 2. The van der Waals surface area contributed by atoms with E-state index in [-0.39, 0.29) is 34.6 Å². The van der Waals surface area contributed by atoms with E-state index in [9.17, 15) is 22.8 Å². The summed E-state index contributed by atoms with van der Waals surface area (Å²) in [5.41, 5.74) is 2.33. The summed E-state index contributed by atoms with van der Waals surface area (Å²) in [6, 6.07) is 19.9. The van der Waals surface area contributed by atoms with Gasteiger partial charge in [0.15, 0.2) is 0 Å². The van der Waals surface area contributed by atoms with Gasteiger partial charge in [0, 0.05) is 42.8 Å². The minimum atomic E-state index is -3.87. The molecule has 4 aromatic rings. The van der Waals surface area contributed by atoms with E-state index in [4.69, 9.17) is 0 Å². The van der Waals surface area contributed by atoms with Gasteiger partial charge in [-0.05, 0) is 44.2 Å². The van der Waals surface area contributed by atoms with Crippen LogP contribution < -0.4 is 4.72 Å². The third-order valence-corrected chi connectivity index (χ3v) is 8.31. The van der Waals surface area contributed by atoms with Crippen molar-refractivity contribution in [1.29, 1.82) is 0 Å². The minimum Gasteiger partial charge on any atom is -0.359 e. The summed E-state index contributed by atoms with van der Waals surface area (Å²) in [7, 11) is -3.87. The number of para-hydroxylation sites is 1. The molecule has 2 N–H and O–H groups in total. The van der Waals surface area contributed by atoms with Crippen LogP contribution in [0.2, 0.25) is 0 Å². The molecule has 1 atom stereocenters. The monoisotopic (exact) mass is 544 g/mol. The fraction of sp³-hybridized carbons (Fsp3) is 0.207. The Bertz CT molecular complexity index is 1660. The van der Waals surface area contributed by atoms with Gasteiger partial charge in [-0.2, -0.15) is 0 Å². The average molecular weight is 545 g/mol. The van der Waals surface area contributed by atoms with Crippen LogP contribution in [-0.2, 0) is 14.8 Å². The molecule has 0 bridgehead atoms. The van der Waals surface area contributed by atoms with Crippen LogP contribution in [0.15, 0.2) is 83.9 Å². The summed E-state index contributed by atoms with van der Waals surface area (Å²) in [6.07, 6.45) is 1.43. The first-order chi connectivity index (χ1) is 18.7. The zero-order valence-corrected chi connectivity index (χ0v) is 22.4. The van der Waals surface area contributed by atoms with Gasteiger partial charge >= 0.3 is 0 Å². The second-order valence-corrected chi connectivity index (χ2v) is 11.3. The third-order valence-electron chi connectivity index (χ3n) is 6.93. The number of Topliss-reactive ketones (excluding diaryl/α,β-unsaturated/α-hetero) is 1. The number of carbonyl (C=O) groups excluding carboxylic acids is 3. The van der Waals surface area contributed by atoms with Crippen molar-refractivity contribution < 1.29 is 22.8 Å². The number of hydrogen-bond donors (Lipinski definition) is 2. The SMILES string of the molecule is Cc1ccc(S(=O)(=O)Nc2cccc3c(C(=O)C(=O)N4CCN(C(=O)c5ccccc5)C[C@H]4C)c[nH]c23)cc1. The Kier molecular flexibility index (Phi) is 6.96. The fourth-order valence-corrected chi connectivity index (χ4v) is 5.87. The van der Waals surface area contributed by atoms with E-state index >= 15 is 0 Å². The highest BCUT2D eigenvalue weighted by Crippen LogP contribution is 2.28. The minimum absolute atomic E-state index is 0.113. The molecule has 1 aromatic heterocycles. The average Bonchev–Trinajstić information content (AvgIpc) is 3.37. The van der Waals surface area contributed by atoms with Gasteiger partial charge in [-0.25, -0.2) is 8.42 Å². The predicted molar refractivity (Wildman–Crippen MR) is 148 cm³/mol. The smallest absolute Gasteiger partial charge is 0.295 e. The van der Waals surface area contributed by atoms with Crippen molar-refractivity contribution in [1.82, 2.24) is 14.8 Å². The first kappa shape index (κ1) is 26.2. The van der Waals surface area contributed by atoms with E-state index in [1.54, 1.807) is 59.5 Å². The number of ketones is 1. The molecule has 39 heavy (non-hydrogen) atoms. The van der Waals surface area contributed by atoms with Crippen molar-refractivity contribution in [2.75, 3.05) is 24.4 Å². The largest absolute Gasteiger partial charge is 0.359 e. The van der Waals surface area contributed by atoms with Crippen LogP contribution in [0.25, 0.3) is 10.9 Å². The molecule has 5 rings (SSSR count). The summed E-state index contributed by atoms with van der Waals surface area (Å²) in [5, 5.41) is 0.433. The Morgan fingerprint density at radius 3 is 2.33 bits per heavy atom. The standard InChI is InChI=1S/C29H28N4O5S/c1-19-11-13-22(14-12-19)39(37,38)31-25-10-6-9-23-24(17-30-26(23)25)27(34)29(36)33-16-15-32(18-20(33)2)28(35)21-7-4-3-5-8-21/h3-14,17,20,30-31H,15-16,18H2,1-2H3/t20-/m1/s1. The Hall–Kier alpha value is -4.44. The van der Waals surface area contributed by atoms with Crippen LogP contribution in [0.1, 0.15) is 33.2 Å². The second kappa shape index (κ2) is 10.4. The van der Waals surface area contributed by atoms with Gasteiger partial charge in [0.05, 0.1) is 21.7 Å². The molecule has 10 heteroatoms. The maximum atomic E-state index is 13.3. The number of benzene rings is 3. The lowest BCUT2D eigenvalue weighted by atomic mass is 10.1. The number of fused-ring (bicyclic) bond motifs is 1. The van der Waals surface area contributed by atoms with Crippen molar-refractivity contribution in [2.24, 2.45) is 0 Å². The molecular formula is C29H28N4O5S. The maximum absolute atomic E-state index is 13.3. The number of piperazine rings is 1. The zero-order valence-electron chi connectivity index (χ0n) is 21.5. The Balaban J connectivity index is 1.33. The van der Waals surface area contributed by atoms with Crippen LogP contribution in [0.5, 0.6) is 0 Å². The molecule has 0 radical (unpaired) electrons. The number of hydrogen-bond acceptors (Lipinski definition) is 5. The Labute approximate surface area is 226 Å². The second-order valence-electron chi connectivity index (χ2n) is 9.64. The van der Waals surface area contributed by atoms with Gasteiger partial charge in [-0.3, -0.25) is 19.1 Å². The van der Waals surface area contributed by atoms with Crippen LogP contribution >= 0.6 is 0 Å². The van der Waals surface area contributed by atoms with Gasteiger partial charge in [0.25, 0.3) is 27.6 Å². The van der Waals surface area contributed by atoms with Crippen LogP contribution in [0.3, 0.4) is 0 Å². The first-order valence-electron chi connectivity index (χ1n) is 12.5. The van der Waals surface area contributed by atoms with E-state index < -0.39 is 21.7 Å². The molecule has 0 unspecified atom stereocenters. The number of nitrogens with zero attached hydrogens (tertiary/aromatic N) is 2. The summed E-state index contributed by atoms with van der Waals surface area (Å²) >= 11 is 0. The van der Waals surface area contributed by atoms with E-state index in [1.165, 1.54) is 23.2 Å². The van der Waals surface area contributed by atoms with Crippen LogP contribution in [0, 0.1) is 6.92 Å². The van der Waals surface area contributed by atoms with Gasteiger partial charge < -0.3 is 14.8 Å². The number of aromatic nitrogens is 1. The lowest BCUT2D eigenvalue weighted by Crippen LogP contribution is -2.56. The zero-order chi connectivity index (χ0) is 27.7. The molecule has 200 valence electrons. The molecule has 3 aromatic carbocycles. The highest BCUT2D eigenvalue weighted by atomic mass is 32.2. The molecular weight excluding hydrogens is 516 g/mol. The van der Waals surface area contributed by atoms with Crippen molar-refractivity contribution in [3.05, 3.63) is 95.7 Å². The molecule has 1 aliphatic heterocycles. The number of H-pyrrole nitrogens is 1. The van der Waals surface area contributed by atoms with Crippen molar-refractivity contribution in [3.8, 4) is 0 Å². The van der Waals surface area contributed by atoms with E-state index in [0.717, 1.165) is 5.56 Å². The lowest BCUT2D eigenvalue weighted by molar-refractivity contribution is -0.130. The van der Waals surface area contributed by atoms with Crippen LogP contribution in [-0.4, -0.2) is 66.5 Å². The molecule has 0 spiro atoms. The number of aryl methyl sites for hydroxylation is 1. The van der Waals surface area contributed by atoms with Gasteiger partial charge in [-0.15, -0.1) is 0 Å². The molecule has 2 amide bonds. The number of nitrogens with one attached hydrogen (secondary N) is 2. The van der Waals surface area contributed by atoms with Crippen molar-refractivity contribution >= 4 is 44.2 Å². The number of rotatable bonds is 6. The van der Waals surface area contributed by atoms with E-state index in [2.05, 4.69) is 9.71 Å². The van der Waals surface area contributed by atoms with E-state index in [0.29, 0.717) is 29.6 Å². The molecule has 1 fully saturated rings. The van der Waals surface area contributed by atoms with Crippen LogP contribution in [0.4, 0.5) is 5.69 Å². The Morgan fingerprint density at radius 2 is 1.64 bits per heavy atom. The highest BCUT2D eigenvalue weighted by Gasteiger charge is 2.34. The summed E-state index contributed by atoms with van der Waals surface area (Å²) in [6.45, 7) is 4.53. The van der Waals surface area contributed by atoms with Gasteiger partial charge in [0.1, 0.15) is 0 Å². The number of aromatic amines is 1. The highest BCUT2D eigenvalue weighted by molar-refractivity contribution is 7.92.